The summed E-state index contributed by atoms with van der Waals surface area (Å²) in [6.07, 6.45) is 9.15. The van der Waals surface area contributed by atoms with Crippen molar-refractivity contribution in [3.8, 4) is 33.6 Å². The molecule has 0 amide bonds. The van der Waals surface area contributed by atoms with E-state index in [1.54, 1.807) is 0 Å². The van der Waals surface area contributed by atoms with E-state index in [-0.39, 0.29) is 0 Å². The van der Waals surface area contributed by atoms with E-state index in [0.29, 0.717) is 11.2 Å². The third-order valence-corrected chi connectivity index (χ3v) is 15.0. The molecule has 0 N–H and O–H groups in total. The molecule has 1 aliphatic heterocycles. The molecule has 3 aromatic heterocycles. The van der Waals surface area contributed by atoms with Crippen LogP contribution in [0.15, 0.2) is 199 Å². The first-order chi connectivity index (χ1) is 28.8. The highest BCUT2D eigenvalue weighted by molar-refractivity contribution is 8.00. The Hall–Kier alpha value is -6.59. The number of thiophene rings is 1. The molecule has 2 nitrogen and oxygen atoms in total. The van der Waals surface area contributed by atoms with Gasteiger partial charge in [-0.05, 0) is 83.4 Å². The molecule has 8 aromatic carbocycles. The average molecular weight is 775 g/mol. The van der Waals surface area contributed by atoms with Gasteiger partial charge in [0, 0.05) is 80.3 Å². The lowest BCUT2D eigenvalue weighted by molar-refractivity contribution is 0.881. The zero-order chi connectivity index (χ0) is 37.9. The van der Waals surface area contributed by atoms with Gasteiger partial charge in [-0.1, -0.05) is 127 Å². The Balaban J connectivity index is 1.05. The molecular weight excluding hydrogens is 741 g/mol. The monoisotopic (exact) mass is 774 g/mol. The summed E-state index contributed by atoms with van der Waals surface area (Å²) in [5.74, 6) is 0.414. The summed E-state index contributed by atoms with van der Waals surface area (Å²) in [7, 11) is 0. The molecule has 1 aliphatic carbocycles. The van der Waals surface area contributed by atoms with Crippen LogP contribution in [0.2, 0.25) is 0 Å². The van der Waals surface area contributed by atoms with E-state index in [4.69, 9.17) is 0 Å². The topological polar surface area (TPSA) is 9.86 Å². The summed E-state index contributed by atoms with van der Waals surface area (Å²) >= 11 is 3.91. The van der Waals surface area contributed by atoms with Crippen molar-refractivity contribution in [3.63, 3.8) is 0 Å². The molecule has 0 saturated heterocycles. The van der Waals surface area contributed by atoms with Gasteiger partial charge in [0.2, 0.25) is 0 Å². The van der Waals surface area contributed by atoms with Crippen LogP contribution in [0.25, 0.3) is 97.4 Å². The first-order valence-corrected chi connectivity index (χ1v) is 21.7. The van der Waals surface area contributed by atoms with E-state index in [1.807, 2.05) is 23.1 Å². The quantitative estimate of drug-likeness (QED) is 0.173. The SMILES string of the molecule is C1=CC2Sc3ccc(-c4cc(-n5c6ccccc6c6cc(-c7cccc8c9ccccc9n(-c9ccccc9)c78)ccc65)cc5c4sc4ccccc45)cc3C2C=C1. The minimum Gasteiger partial charge on any atom is -0.309 e. The largest absolute Gasteiger partial charge is 0.309 e. The molecule has 0 radical (unpaired) electrons. The maximum Gasteiger partial charge on any atom is 0.0619 e. The van der Waals surface area contributed by atoms with Crippen LogP contribution in [-0.4, -0.2) is 14.4 Å². The summed E-state index contributed by atoms with van der Waals surface area (Å²) in [6, 6.07) is 63.4. The Morgan fingerprint density at radius 1 is 0.431 bits per heavy atom. The molecule has 2 atom stereocenters. The van der Waals surface area contributed by atoms with Crippen LogP contribution < -0.4 is 0 Å². The van der Waals surface area contributed by atoms with Crippen molar-refractivity contribution in [2.75, 3.05) is 0 Å². The average Bonchev–Trinajstić information content (AvgIpc) is 4.04. The minimum absolute atomic E-state index is 0.414. The summed E-state index contributed by atoms with van der Waals surface area (Å²) in [4.78, 5) is 1.40. The molecule has 58 heavy (non-hydrogen) atoms. The number of hydrogen-bond donors (Lipinski definition) is 0. The zero-order valence-electron chi connectivity index (χ0n) is 31.3. The Morgan fingerprint density at radius 3 is 2.00 bits per heavy atom. The van der Waals surface area contributed by atoms with E-state index in [1.165, 1.54) is 108 Å². The Labute approximate surface area is 343 Å². The zero-order valence-corrected chi connectivity index (χ0v) is 33.0. The van der Waals surface area contributed by atoms with Gasteiger partial charge in [0.1, 0.15) is 0 Å². The lowest BCUT2D eigenvalue weighted by atomic mass is 9.90. The van der Waals surface area contributed by atoms with Crippen LogP contribution in [0.1, 0.15) is 11.5 Å². The van der Waals surface area contributed by atoms with Gasteiger partial charge in [-0.2, -0.15) is 0 Å². The number of hydrogen-bond acceptors (Lipinski definition) is 2. The van der Waals surface area contributed by atoms with E-state index in [0.717, 1.165) is 0 Å². The van der Waals surface area contributed by atoms with Gasteiger partial charge >= 0.3 is 0 Å². The van der Waals surface area contributed by atoms with Gasteiger partial charge in [0.25, 0.3) is 0 Å². The van der Waals surface area contributed by atoms with Gasteiger partial charge in [0.15, 0.2) is 0 Å². The predicted octanol–water partition coefficient (Wildman–Crippen LogP) is 15.3. The highest BCUT2D eigenvalue weighted by Gasteiger charge is 2.31. The van der Waals surface area contributed by atoms with Gasteiger partial charge in [-0.15, -0.1) is 23.1 Å². The third-order valence-electron chi connectivity index (χ3n) is 12.4. The van der Waals surface area contributed by atoms with Crippen molar-refractivity contribution in [2.24, 2.45) is 0 Å². The van der Waals surface area contributed by atoms with Crippen LogP contribution in [0, 0.1) is 0 Å². The van der Waals surface area contributed by atoms with Crippen LogP contribution in [0.3, 0.4) is 0 Å². The molecule has 0 saturated carbocycles. The normalized spacial score (nSPS) is 16.1. The maximum atomic E-state index is 2.50. The lowest BCUT2D eigenvalue weighted by Crippen LogP contribution is -2.06. The number of rotatable bonds is 4. The van der Waals surface area contributed by atoms with Crippen molar-refractivity contribution in [3.05, 3.63) is 200 Å². The molecular formula is C54H34N2S2. The van der Waals surface area contributed by atoms with Crippen molar-refractivity contribution >= 4 is 86.9 Å². The van der Waals surface area contributed by atoms with Crippen LogP contribution in [-0.2, 0) is 0 Å². The minimum atomic E-state index is 0.414. The number of fused-ring (bicyclic) bond motifs is 12. The molecule has 4 heterocycles. The molecule has 13 rings (SSSR count). The van der Waals surface area contributed by atoms with Gasteiger partial charge < -0.3 is 9.13 Å². The second-order valence-corrected chi connectivity index (χ2v) is 17.8. The van der Waals surface area contributed by atoms with Crippen LogP contribution in [0.5, 0.6) is 0 Å². The molecule has 2 aliphatic rings. The Morgan fingerprint density at radius 2 is 1.12 bits per heavy atom. The van der Waals surface area contributed by atoms with E-state index >= 15 is 0 Å². The van der Waals surface area contributed by atoms with Gasteiger partial charge in [0.05, 0.1) is 22.1 Å². The molecule has 0 spiro atoms. The fraction of sp³-hybridized carbons (Fsp3) is 0.0370. The Bertz CT molecular complexity index is 3560. The number of allylic oxidation sites excluding steroid dienone is 3. The molecule has 11 aromatic rings. The Kier molecular flexibility index (Phi) is 6.98. The first kappa shape index (κ1) is 32.5. The summed E-state index contributed by atoms with van der Waals surface area (Å²) < 4.78 is 7.60. The number of aromatic nitrogens is 2. The first-order valence-electron chi connectivity index (χ1n) is 20.0. The van der Waals surface area contributed by atoms with Crippen LogP contribution >= 0.6 is 23.1 Å². The number of thioether (sulfide) groups is 1. The summed E-state index contributed by atoms with van der Waals surface area (Å²) in [5.41, 5.74) is 13.7. The second-order valence-electron chi connectivity index (χ2n) is 15.6. The van der Waals surface area contributed by atoms with E-state index < -0.39 is 0 Å². The molecule has 4 heteroatoms. The molecule has 2 unspecified atom stereocenters. The third kappa shape index (κ3) is 4.67. The number of para-hydroxylation sites is 4. The molecule has 272 valence electrons. The van der Waals surface area contributed by atoms with Crippen LogP contribution in [0.4, 0.5) is 0 Å². The van der Waals surface area contributed by atoms with E-state index in [9.17, 15) is 0 Å². The van der Waals surface area contributed by atoms with Gasteiger partial charge in [-0.3, -0.25) is 0 Å². The summed E-state index contributed by atoms with van der Waals surface area (Å²) in [5, 5.41) is 8.13. The highest BCUT2D eigenvalue weighted by atomic mass is 32.2. The standard InChI is InChI=1S/C54H34N2S2/c1-2-13-35(14-3-1)56-48-22-9-4-15-38(48)42-20-12-19-37(53(42)56)33-25-27-49-44(29-33)39-16-5-8-21-47(39)55(49)36-31-43(54-46(32-36)41-18-7-11-24-51(41)58-54)34-26-28-52-45(30-34)40-17-6-10-23-50(40)57-52/h1-32,40,50H. The van der Waals surface area contributed by atoms with Crippen molar-refractivity contribution in [1.29, 1.82) is 0 Å². The van der Waals surface area contributed by atoms with Crippen molar-refractivity contribution < 1.29 is 0 Å². The number of nitrogens with zero attached hydrogens (tertiary/aromatic N) is 2. The molecule has 0 bridgehead atoms. The predicted molar refractivity (Wildman–Crippen MR) is 250 cm³/mol. The highest BCUT2D eigenvalue weighted by Crippen LogP contribution is 2.51. The fourth-order valence-electron chi connectivity index (χ4n) is 9.88. The van der Waals surface area contributed by atoms with Gasteiger partial charge in [-0.25, -0.2) is 0 Å². The van der Waals surface area contributed by atoms with E-state index in [2.05, 4.69) is 203 Å². The lowest BCUT2D eigenvalue weighted by Gasteiger charge is -2.16. The van der Waals surface area contributed by atoms with Crippen molar-refractivity contribution in [2.45, 2.75) is 16.1 Å². The van der Waals surface area contributed by atoms with Crippen molar-refractivity contribution in [1.82, 2.24) is 9.13 Å². The number of benzene rings is 8. The fourth-order valence-corrected chi connectivity index (χ4v) is 12.4. The smallest absolute Gasteiger partial charge is 0.0619 e. The second kappa shape index (κ2) is 12.5. The molecule has 0 fully saturated rings. The maximum absolute atomic E-state index is 2.50. The summed E-state index contributed by atoms with van der Waals surface area (Å²) in [6.45, 7) is 0.